The van der Waals surface area contributed by atoms with Crippen LogP contribution in [0.4, 0.5) is 0 Å². The highest BCUT2D eigenvalue weighted by atomic mass is 35.5. The fourth-order valence-corrected chi connectivity index (χ4v) is 2.17. The first-order valence-electron chi connectivity index (χ1n) is 5.96. The smallest absolute Gasteiger partial charge is 0.251 e. The van der Waals surface area contributed by atoms with E-state index in [4.69, 9.17) is 16.7 Å². The zero-order valence-electron chi connectivity index (χ0n) is 10.2. The van der Waals surface area contributed by atoms with Crippen LogP contribution in [0.3, 0.4) is 0 Å². The highest BCUT2D eigenvalue weighted by Gasteiger charge is 2.20. The largest absolute Gasteiger partial charge is 0.396 e. The van der Waals surface area contributed by atoms with Gasteiger partial charge < -0.3 is 10.4 Å². The number of carbonyl (C=O) groups is 1. The number of aliphatic hydroxyl groups is 1. The quantitative estimate of drug-likeness (QED) is 0.824. The maximum absolute atomic E-state index is 12.0. The van der Waals surface area contributed by atoms with Gasteiger partial charge in [0.15, 0.2) is 0 Å². The number of aliphatic hydroxyl groups excluding tert-OH is 1. The van der Waals surface area contributed by atoms with Crippen molar-refractivity contribution in [2.75, 3.05) is 6.61 Å². The molecule has 0 unspecified atom stereocenters. The lowest BCUT2D eigenvalue weighted by Gasteiger charge is -2.13. The molecular formula is C14H16ClNO2. The van der Waals surface area contributed by atoms with Crippen LogP contribution in [0.1, 0.15) is 22.3 Å². The Labute approximate surface area is 111 Å². The van der Waals surface area contributed by atoms with Gasteiger partial charge >= 0.3 is 0 Å². The lowest BCUT2D eigenvalue weighted by atomic mass is 10.1. The second kappa shape index (κ2) is 5.55. The molecule has 3 nitrogen and oxygen atoms in total. The van der Waals surface area contributed by atoms with Gasteiger partial charge in [-0.2, -0.15) is 0 Å². The van der Waals surface area contributed by atoms with Crippen molar-refractivity contribution in [3.05, 3.63) is 46.5 Å². The van der Waals surface area contributed by atoms with Gasteiger partial charge in [0, 0.05) is 29.2 Å². The summed E-state index contributed by atoms with van der Waals surface area (Å²) in [6, 6.07) is 5.23. The summed E-state index contributed by atoms with van der Waals surface area (Å²) in [7, 11) is 0. The molecule has 1 aromatic carbocycles. The molecule has 0 saturated carbocycles. The average molecular weight is 266 g/mol. The number of benzene rings is 1. The summed E-state index contributed by atoms with van der Waals surface area (Å²) in [5.41, 5.74) is 1.50. The van der Waals surface area contributed by atoms with E-state index >= 15 is 0 Å². The van der Waals surface area contributed by atoms with Gasteiger partial charge in [0.1, 0.15) is 0 Å². The lowest BCUT2D eigenvalue weighted by Crippen LogP contribution is -2.32. The Morgan fingerprint density at radius 2 is 2.28 bits per heavy atom. The van der Waals surface area contributed by atoms with E-state index in [1.54, 1.807) is 18.2 Å². The number of hydrogen-bond acceptors (Lipinski definition) is 2. The summed E-state index contributed by atoms with van der Waals surface area (Å²) in [6.07, 6.45) is 4.63. The number of nitrogens with one attached hydrogen (secondary N) is 1. The molecule has 1 aliphatic rings. The second-order valence-corrected chi connectivity index (χ2v) is 5.01. The van der Waals surface area contributed by atoms with Crippen LogP contribution in [0.25, 0.3) is 0 Å². The maximum atomic E-state index is 12.0. The zero-order valence-corrected chi connectivity index (χ0v) is 10.9. The van der Waals surface area contributed by atoms with Gasteiger partial charge in [0.05, 0.1) is 0 Å². The maximum Gasteiger partial charge on any atom is 0.251 e. The van der Waals surface area contributed by atoms with Crippen molar-refractivity contribution >= 4 is 17.5 Å². The molecule has 1 amide bonds. The first-order chi connectivity index (χ1) is 8.60. The van der Waals surface area contributed by atoms with E-state index < -0.39 is 0 Å². The Morgan fingerprint density at radius 3 is 2.89 bits per heavy atom. The highest BCUT2D eigenvalue weighted by Crippen LogP contribution is 2.19. The summed E-state index contributed by atoms with van der Waals surface area (Å²) in [6.45, 7) is 2.00. The van der Waals surface area contributed by atoms with Crippen molar-refractivity contribution in [2.45, 2.75) is 19.4 Å². The van der Waals surface area contributed by atoms with Crippen LogP contribution in [-0.4, -0.2) is 23.7 Å². The van der Waals surface area contributed by atoms with Crippen molar-refractivity contribution in [3.8, 4) is 0 Å². The molecule has 0 aliphatic heterocycles. The average Bonchev–Trinajstić information content (AvgIpc) is 2.80. The summed E-state index contributed by atoms with van der Waals surface area (Å²) < 4.78 is 0. The summed E-state index contributed by atoms with van der Waals surface area (Å²) >= 11 is 5.92. The van der Waals surface area contributed by atoms with Crippen molar-refractivity contribution < 1.29 is 9.90 Å². The van der Waals surface area contributed by atoms with Gasteiger partial charge in [-0.3, -0.25) is 4.79 Å². The molecule has 0 radical (unpaired) electrons. The minimum absolute atomic E-state index is 0.00522. The molecule has 2 rings (SSSR count). The molecule has 0 fully saturated rings. The van der Waals surface area contributed by atoms with E-state index in [0.717, 1.165) is 12.0 Å². The number of halogens is 1. The van der Waals surface area contributed by atoms with Gasteiger partial charge in [0.25, 0.3) is 5.91 Å². The van der Waals surface area contributed by atoms with Crippen LogP contribution >= 0.6 is 11.6 Å². The Bertz CT molecular complexity index is 485. The van der Waals surface area contributed by atoms with Gasteiger partial charge in [-0.15, -0.1) is 0 Å². The number of carbonyl (C=O) groups excluding carboxylic acids is 1. The third-order valence-corrected chi connectivity index (χ3v) is 3.57. The third-order valence-electron chi connectivity index (χ3n) is 3.14. The van der Waals surface area contributed by atoms with Gasteiger partial charge in [-0.1, -0.05) is 23.8 Å². The molecule has 1 aromatic rings. The molecule has 96 valence electrons. The zero-order chi connectivity index (χ0) is 13.1. The summed E-state index contributed by atoms with van der Waals surface area (Å²) in [4.78, 5) is 12.0. The molecule has 0 heterocycles. The normalized spacial score (nSPS) is 22.2. The number of aryl methyl sites for hydroxylation is 1. The van der Waals surface area contributed by atoms with Crippen molar-refractivity contribution in [1.82, 2.24) is 5.32 Å². The molecule has 0 spiro atoms. The predicted molar refractivity (Wildman–Crippen MR) is 71.8 cm³/mol. The monoisotopic (exact) mass is 265 g/mol. The van der Waals surface area contributed by atoms with Crippen LogP contribution in [0.15, 0.2) is 30.4 Å². The summed E-state index contributed by atoms with van der Waals surface area (Å²) in [5.74, 6) is 0.0465. The van der Waals surface area contributed by atoms with Crippen LogP contribution in [0.5, 0.6) is 0 Å². The van der Waals surface area contributed by atoms with Gasteiger partial charge in [-0.25, -0.2) is 0 Å². The van der Waals surface area contributed by atoms with E-state index in [2.05, 4.69) is 5.32 Å². The summed E-state index contributed by atoms with van der Waals surface area (Å²) in [5, 5.41) is 12.6. The SMILES string of the molecule is Cc1cc(C(=O)N[C@@H]2C=C[C@H](CO)C2)ccc1Cl. The van der Waals surface area contributed by atoms with E-state index in [0.29, 0.717) is 10.6 Å². The molecule has 2 N–H and O–H groups in total. The number of hydrogen-bond donors (Lipinski definition) is 2. The highest BCUT2D eigenvalue weighted by molar-refractivity contribution is 6.31. The number of amides is 1. The molecule has 2 atom stereocenters. The molecule has 0 aromatic heterocycles. The van der Waals surface area contributed by atoms with Crippen molar-refractivity contribution in [2.24, 2.45) is 5.92 Å². The molecule has 4 heteroatoms. The Kier molecular flexibility index (Phi) is 4.04. The van der Waals surface area contributed by atoms with E-state index in [-0.39, 0.29) is 24.5 Å². The van der Waals surface area contributed by atoms with E-state index in [1.165, 1.54) is 0 Å². The lowest BCUT2D eigenvalue weighted by molar-refractivity contribution is 0.0941. The molecule has 1 aliphatic carbocycles. The third kappa shape index (κ3) is 2.92. The number of rotatable bonds is 3. The van der Waals surface area contributed by atoms with Gasteiger partial charge in [-0.05, 0) is 37.1 Å². The van der Waals surface area contributed by atoms with Gasteiger partial charge in [0.2, 0.25) is 0 Å². The van der Waals surface area contributed by atoms with Crippen molar-refractivity contribution in [1.29, 1.82) is 0 Å². The standard InChI is InChI=1S/C14H16ClNO2/c1-9-6-11(3-5-13(9)15)14(18)16-12-4-2-10(7-12)8-17/h2-6,10,12,17H,7-8H2,1H3,(H,16,18)/t10-,12+/m0/s1. The molecule has 0 bridgehead atoms. The van der Waals surface area contributed by atoms with E-state index in [9.17, 15) is 4.79 Å². The Balaban J connectivity index is 2.00. The molecule has 18 heavy (non-hydrogen) atoms. The van der Waals surface area contributed by atoms with Crippen LogP contribution < -0.4 is 5.32 Å². The second-order valence-electron chi connectivity index (χ2n) is 4.61. The minimum atomic E-state index is -0.108. The minimum Gasteiger partial charge on any atom is -0.396 e. The predicted octanol–water partition coefficient (Wildman–Crippen LogP) is 2.32. The first kappa shape index (κ1) is 13.1. The first-order valence-corrected chi connectivity index (χ1v) is 6.34. The molecular weight excluding hydrogens is 250 g/mol. The Morgan fingerprint density at radius 1 is 1.50 bits per heavy atom. The molecule has 0 saturated heterocycles. The van der Waals surface area contributed by atoms with Crippen molar-refractivity contribution in [3.63, 3.8) is 0 Å². The fraction of sp³-hybridized carbons (Fsp3) is 0.357. The van der Waals surface area contributed by atoms with Crippen LogP contribution in [0.2, 0.25) is 5.02 Å². The van der Waals surface area contributed by atoms with Crippen LogP contribution in [-0.2, 0) is 0 Å². The topological polar surface area (TPSA) is 49.3 Å². The van der Waals surface area contributed by atoms with E-state index in [1.807, 2.05) is 19.1 Å². The fourth-order valence-electron chi connectivity index (χ4n) is 2.05. The van der Waals surface area contributed by atoms with Crippen LogP contribution in [0, 0.1) is 12.8 Å². The Hall–Kier alpha value is -1.32.